The van der Waals surface area contributed by atoms with Gasteiger partial charge in [-0.3, -0.25) is 9.52 Å². The Hall–Kier alpha value is -2.60. The number of benzene rings is 2. The van der Waals surface area contributed by atoms with E-state index in [0.717, 1.165) is 36.4 Å². The molecule has 0 unspecified atom stereocenters. The van der Waals surface area contributed by atoms with E-state index in [-0.39, 0.29) is 5.91 Å². The molecule has 0 aromatic heterocycles. The fourth-order valence-electron chi connectivity index (χ4n) is 4.58. The van der Waals surface area contributed by atoms with Gasteiger partial charge < -0.3 is 4.90 Å². The van der Waals surface area contributed by atoms with E-state index in [1.165, 1.54) is 25.7 Å². The average Bonchev–Trinajstić information content (AvgIpc) is 2.78. The molecule has 1 heterocycles. The summed E-state index contributed by atoms with van der Waals surface area (Å²) in [6.07, 6.45) is 7.78. The van der Waals surface area contributed by atoms with Gasteiger partial charge in [0.2, 0.25) is 0 Å². The summed E-state index contributed by atoms with van der Waals surface area (Å²) in [4.78, 5) is 14.9. The Morgan fingerprint density at radius 1 is 0.933 bits per heavy atom. The second-order valence-corrected chi connectivity index (χ2v) is 9.85. The molecule has 1 saturated carbocycles. The first-order valence-corrected chi connectivity index (χ1v) is 12.2. The number of nitrogens with one attached hydrogen (secondary N) is 1. The molecule has 2 atom stereocenters. The highest BCUT2D eigenvalue weighted by Crippen LogP contribution is 2.36. The Morgan fingerprint density at radius 3 is 2.37 bits per heavy atom. The molecule has 1 aliphatic carbocycles. The molecule has 5 nitrogen and oxygen atoms in total. The lowest BCUT2D eigenvalue weighted by atomic mass is 9.75. The molecule has 0 radical (unpaired) electrons. The van der Waals surface area contributed by atoms with Crippen LogP contribution in [0, 0.1) is 11.8 Å². The number of carbonyl (C=O) groups is 1. The zero-order chi connectivity index (χ0) is 21.0. The maximum Gasteiger partial charge on any atom is 0.255 e. The molecule has 1 aliphatic heterocycles. The zero-order valence-corrected chi connectivity index (χ0v) is 17.9. The van der Waals surface area contributed by atoms with Crippen molar-refractivity contribution in [3.63, 3.8) is 0 Å². The molecular weight excluding hydrogens is 396 g/mol. The van der Waals surface area contributed by atoms with Crippen LogP contribution in [-0.2, 0) is 10.0 Å². The summed E-state index contributed by atoms with van der Waals surface area (Å²) in [5, 5.41) is 1.15. The summed E-state index contributed by atoms with van der Waals surface area (Å²) >= 11 is 0. The molecule has 6 heteroatoms. The molecule has 2 aliphatic rings. The molecule has 2 aromatic rings. The molecule has 4 rings (SSSR count). The van der Waals surface area contributed by atoms with Crippen LogP contribution in [0.25, 0.3) is 6.08 Å². The topological polar surface area (TPSA) is 66.5 Å². The van der Waals surface area contributed by atoms with Crippen molar-refractivity contribution in [2.24, 2.45) is 11.8 Å². The van der Waals surface area contributed by atoms with E-state index in [4.69, 9.17) is 0 Å². The lowest BCUT2D eigenvalue weighted by Gasteiger charge is -2.41. The summed E-state index contributed by atoms with van der Waals surface area (Å²) in [7, 11) is -3.63. The van der Waals surface area contributed by atoms with Gasteiger partial charge in [0.1, 0.15) is 0 Å². The number of amides is 1. The van der Waals surface area contributed by atoms with Crippen LogP contribution in [-0.4, -0.2) is 32.3 Å². The molecule has 2 aromatic carbocycles. The predicted octanol–water partition coefficient (Wildman–Crippen LogP) is 4.75. The molecule has 1 amide bonds. The van der Waals surface area contributed by atoms with Gasteiger partial charge in [0, 0.05) is 24.3 Å². The lowest BCUT2D eigenvalue weighted by molar-refractivity contribution is 0.0521. The van der Waals surface area contributed by atoms with Crippen molar-refractivity contribution >= 4 is 27.7 Å². The number of rotatable bonds is 5. The number of piperidine rings is 1. The molecule has 0 bridgehead atoms. The van der Waals surface area contributed by atoms with Crippen molar-refractivity contribution in [2.75, 3.05) is 17.8 Å². The second-order valence-electron chi connectivity index (χ2n) is 8.28. The third-order valence-corrected chi connectivity index (χ3v) is 7.22. The van der Waals surface area contributed by atoms with Gasteiger partial charge in [0.25, 0.3) is 15.9 Å². The summed E-state index contributed by atoms with van der Waals surface area (Å²) < 4.78 is 27.1. The van der Waals surface area contributed by atoms with Gasteiger partial charge in [-0.25, -0.2) is 8.42 Å². The summed E-state index contributed by atoms with van der Waals surface area (Å²) in [5.41, 5.74) is 1.85. The Balaban J connectivity index is 1.37. The molecule has 2 fully saturated rings. The quantitative estimate of drug-likeness (QED) is 0.753. The maximum atomic E-state index is 12.9. The van der Waals surface area contributed by atoms with Crippen LogP contribution in [0.4, 0.5) is 5.69 Å². The van der Waals surface area contributed by atoms with E-state index < -0.39 is 10.0 Å². The predicted molar refractivity (Wildman–Crippen MR) is 120 cm³/mol. The first kappa shape index (κ1) is 20.7. The third-order valence-electron chi connectivity index (χ3n) is 6.21. The Morgan fingerprint density at radius 2 is 1.63 bits per heavy atom. The van der Waals surface area contributed by atoms with E-state index in [9.17, 15) is 13.2 Å². The van der Waals surface area contributed by atoms with Gasteiger partial charge in [-0.15, -0.1) is 0 Å². The first-order chi connectivity index (χ1) is 14.5. The largest absolute Gasteiger partial charge is 0.338 e. The van der Waals surface area contributed by atoms with Crippen molar-refractivity contribution in [1.82, 2.24) is 4.90 Å². The molecule has 1 saturated heterocycles. The maximum absolute atomic E-state index is 12.9. The normalized spacial score (nSPS) is 21.9. The number of sulfonamides is 1. The van der Waals surface area contributed by atoms with Crippen molar-refractivity contribution in [3.8, 4) is 0 Å². The van der Waals surface area contributed by atoms with Gasteiger partial charge in [-0.05, 0) is 60.6 Å². The minimum Gasteiger partial charge on any atom is -0.338 e. The second kappa shape index (κ2) is 9.04. The molecule has 158 valence electrons. The van der Waals surface area contributed by atoms with Crippen LogP contribution < -0.4 is 4.72 Å². The van der Waals surface area contributed by atoms with Crippen molar-refractivity contribution in [1.29, 1.82) is 0 Å². The number of hydrogen-bond donors (Lipinski definition) is 1. The third kappa shape index (κ3) is 5.11. The van der Waals surface area contributed by atoms with Crippen molar-refractivity contribution in [3.05, 3.63) is 71.1 Å². The fraction of sp³-hybridized carbons (Fsp3) is 0.375. The number of nitrogens with zero attached hydrogens (tertiary/aromatic N) is 1. The summed E-state index contributed by atoms with van der Waals surface area (Å²) in [6, 6.07) is 16.0. The van der Waals surface area contributed by atoms with Crippen LogP contribution in [0.1, 0.15) is 48.0 Å². The van der Waals surface area contributed by atoms with Crippen molar-refractivity contribution < 1.29 is 13.2 Å². The standard InChI is InChI=1S/C24H28N2O3S/c27-24(26-16-14-20-8-4-5-9-22(20)18-26)21-10-12-23(13-11-21)25-30(28,29)17-15-19-6-2-1-3-7-19/h1-3,6-7,10-13,15,17,20,22,25H,4-5,8-9,14,16,18H2/b17-15+/t20-,22+/m1/s1. The van der Waals surface area contributed by atoms with Crippen LogP contribution in [0.5, 0.6) is 0 Å². The van der Waals surface area contributed by atoms with Gasteiger partial charge in [0.15, 0.2) is 0 Å². The Labute approximate surface area is 178 Å². The van der Waals surface area contributed by atoms with E-state index in [1.807, 2.05) is 35.2 Å². The highest BCUT2D eigenvalue weighted by molar-refractivity contribution is 7.95. The number of carbonyl (C=O) groups excluding carboxylic acids is 1. The van der Waals surface area contributed by atoms with Crippen LogP contribution in [0.15, 0.2) is 60.0 Å². The number of hydrogen-bond acceptors (Lipinski definition) is 3. The van der Waals surface area contributed by atoms with E-state index in [1.54, 1.807) is 30.3 Å². The fourth-order valence-corrected chi connectivity index (χ4v) is 5.45. The van der Waals surface area contributed by atoms with Gasteiger partial charge >= 0.3 is 0 Å². The highest BCUT2D eigenvalue weighted by atomic mass is 32.2. The van der Waals surface area contributed by atoms with Gasteiger partial charge in [0.05, 0.1) is 5.41 Å². The smallest absolute Gasteiger partial charge is 0.255 e. The SMILES string of the molecule is O=C(c1ccc(NS(=O)(=O)/C=C/c2ccccc2)cc1)N1CC[C@H]2CCCC[C@H]2C1. The lowest BCUT2D eigenvalue weighted by Crippen LogP contribution is -2.44. The van der Waals surface area contributed by atoms with Crippen LogP contribution in [0.2, 0.25) is 0 Å². The average molecular weight is 425 g/mol. The Kier molecular flexibility index (Phi) is 6.23. The molecule has 0 spiro atoms. The molecule has 30 heavy (non-hydrogen) atoms. The van der Waals surface area contributed by atoms with E-state index in [2.05, 4.69) is 4.72 Å². The minimum atomic E-state index is -3.63. The van der Waals surface area contributed by atoms with Gasteiger partial charge in [-0.1, -0.05) is 49.6 Å². The Bertz CT molecular complexity index is 1000. The van der Waals surface area contributed by atoms with Crippen LogP contribution >= 0.6 is 0 Å². The number of fused-ring (bicyclic) bond motifs is 1. The van der Waals surface area contributed by atoms with E-state index in [0.29, 0.717) is 17.2 Å². The molecular formula is C24H28N2O3S. The van der Waals surface area contributed by atoms with E-state index >= 15 is 0 Å². The minimum absolute atomic E-state index is 0.0393. The first-order valence-electron chi connectivity index (χ1n) is 10.7. The molecule has 1 N–H and O–H groups in total. The zero-order valence-electron chi connectivity index (χ0n) is 17.0. The monoisotopic (exact) mass is 424 g/mol. The summed E-state index contributed by atoms with van der Waals surface area (Å²) in [6.45, 7) is 1.67. The highest BCUT2D eigenvalue weighted by Gasteiger charge is 2.33. The van der Waals surface area contributed by atoms with Crippen LogP contribution in [0.3, 0.4) is 0 Å². The summed E-state index contributed by atoms with van der Waals surface area (Å²) in [5.74, 6) is 1.46. The van der Waals surface area contributed by atoms with Gasteiger partial charge in [-0.2, -0.15) is 0 Å². The van der Waals surface area contributed by atoms with Crippen molar-refractivity contribution in [2.45, 2.75) is 32.1 Å². The number of likely N-dealkylation sites (tertiary alicyclic amines) is 1. The number of anilines is 1.